The Hall–Kier alpha value is -2.08. The molecule has 0 spiro atoms. The molecule has 2 rings (SSSR count). The Morgan fingerprint density at radius 1 is 1.56 bits per heavy atom. The fourth-order valence-corrected chi connectivity index (χ4v) is 1.88. The second kappa shape index (κ2) is 4.19. The lowest BCUT2D eigenvalue weighted by Gasteiger charge is -2.04. The Labute approximate surface area is 94.0 Å². The van der Waals surface area contributed by atoms with Crippen molar-refractivity contribution in [3.8, 4) is 11.8 Å². The van der Waals surface area contributed by atoms with Gasteiger partial charge in [-0.2, -0.15) is 5.26 Å². The average Bonchev–Trinajstić information content (AvgIpc) is 2.72. The van der Waals surface area contributed by atoms with Crippen LogP contribution in [0.2, 0.25) is 0 Å². The zero-order valence-electron chi connectivity index (χ0n) is 8.99. The van der Waals surface area contributed by atoms with Gasteiger partial charge in [0.25, 0.3) is 0 Å². The first-order chi connectivity index (χ1) is 7.76. The van der Waals surface area contributed by atoms with Gasteiger partial charge in [0.15, 0.2) is 5.78 Å². The van der Waals surface area contributed by atoms with Gasteiger partial charge in [0.1, 0.15) is 5.75 Å². The second-order valence-electron chi connectivity index (χ2n) is 3.64. The first-order valence-electron chi connectivity index (χ1n) is 5.03. The molecule has 0 heterocycles. The van der Waals surface area contributed by atoms with Crippen molar-refractivity contribution in [2.45, 2.75) is 12.8 Å². The van der Waals surface area contributed by atoms with Crippen LogP contribution in [0.3, 0.4) is 0 Å². The second-order valence-corrected chi connectivity index (χ2v) is 3.64. The van der Waals surface area contributed by atoms with Crippen LogP contribution >= 0.6 is 0 Å². The van der Waals surface area contributed by atoms with E-state index in [1.165, 1.54) is 0 Å². The van der Waals surface area contributed by atoms with Gasteiger partial charge >= 0.3 is 0 Å². The Morgan fingerprint density at radius 3 is 3.06 bits per heavy atom. The summed E-state index contributed by atoms with van der Waals surface area (Å²) in [6, 6.07) is 7.63. The summed E-state index contributed by atoms with van der Waals surface area (Å²) in [5.74, 6) is 0.679. The Kier molecular flexibility index (Phi) is 2.74. The molecule has 80 valence electrons. The van der Waals surface area contributed by atoms with Crippen molar-refractivity contribution in [3.05, 3.63) is 34.9 Å². The minimum absolute atomic E-state index is 0.0534. The molecule has 0 unspecified atom stereocenters. The molecule has 1 aromatic rings. The van der Waals surface area contributed by atoms with Crippen molar-refractivity contribution < 1.29 is 9.53 Å². The standard InChI is InChI=1S/C13H11NO2/c1-16-13-4-2-3-9-7-10(8-11(9)13)12(15)5-6-14/h2-4,8H,5,7H2,1H3. The lowest BCUT2D eigenvalue weighted by Crippen LogP contribution is -2.00. The quantitative estimate of drug-likeness (QED) is 0.772. The summed E-state index contributed by atoms with van der Waals surface area (Å²) in [7, 11) is 1.61. The van der Waals surface area contributed by atoms with Gasteiger partial charge in [-0.05, 0) is 17.7 Å². The van der Waals surface area contributed by atoms with Crippen molar-refractivity contribution in [2.75, 3.05) is 7.11 Å². The minimum atomic E-state index is -0.0965. The molecule has 0 amide bonds. The van der Waals surface area contributed by atoms with Crippen molar-refractivity contribution in [2.24, 2.45) is 0 Å². The number of rotatable bonds is 3. The number of ketones is 1. The van der Waals surface area contributed by atoms with Crippen LogP contribution in [0.15, 0.2) is 23.8 Å². The molecule has 0 saturated carbocycles. The summed E-state index contributed by atoms with van der Waals surface area (Å²) < 4.78 is 5.22. The van der Waals surface area contributed by atoms with Crippen LogP contribution in [0.25, 0.3) is 6.08 Å². The maximum Gasteiger partial charge on any atom is 0.173 e. The van der Waals surface area contributed by atoms with Gasteiger partial charge in [0.2, 0.25) is 0 Å². The summed E-state index contributed by atoms with van der Waals surface area (Å²) in [4.78, 5) is 11.6. The highest BCUT2D eigenvalue weighted by Gasteiger charge is 2.20. The van der Waals surface area contributed by atoms with Crippen LogP contribution in [0, 0.1) is 11.3 Å². The lowest BCUT2D eigenvalue weighted by molar-refractivity contribution is -0.114. The summed E-state index contributed by atoms with van der Waals surface area (Å²) in [5, 5.41) is 8.49. The molecule has 0 fully saturated rings. The van der Waals surface area contributed by atoms with E-state index >= 15 is 0 Å². The highest BCUT2D eigenvalue weighted by atomic mass is 16.5. The number of methoxy groups -OCH3 is 1. The van der Waals surface area contributed by atoms with E-state index in [0.29, 0.717) is 12.0 Å². The topological polar surface area (TPSA) is 50.1 Å². The molecule has 3 nitrogen and oxygen atoms in total. The van der Waals surface area contributed by atoms with Gasteiger partial charge in [-0.3, -0.25) is 4.79 Å². The van der Waals surface area contributed by atoms with E-state index in [0.717, 1.165) is 16.9 Å². The number of fused-ring (bicyclic) bond motifs is 1. The van der Waals surface area contributed by atoms with Crippen molar-refractivity contribution >= 4 is 11.9 Å². The van der Waals surface area contributed by atoms with Crippen molar-refractivity contribution in [3.63, 3.8) is 0 Å². The fraction of sp³-hybridized carbons (Fsp3) is 0.231. The normalized spacial score (nSPS) is 12.6. The van der Waals surface area contributed by atoms with E-state index in [2.05, 4.69) is 0 Å². The Balaban J connectivity index is 2.34. The monoisotopic (exact) mass is 213 g/mol. The SMILES string of the molecule is COc1cccc2c1C=C(C(=O)CC#N)C2. The summed E-state index contributed by atoms with van der Waals surface area (Å²) in [6.07, 6.45) is 2.38. The smallest absolute Gasteiger partial charge is 0.173 e. The third kappa shape index (κ3) is 1.70. The summed E-state index contributed by atoms with van der Waals surface area (Å²) >= 11 is 0. The first kappa shape index (κ1) is 10.4. The molecule has 0 bridgehead atoms. The predicted octanol–water partition coefficient (Wildman–Crippen LogP) is 2.12. The lowest BCUT2D eigenvalue weighted by atomic mass is 10.1. The van der Waals surface area contributed by atoms with Gasteiger partial charge < -0.3 is 4.74 Å². The Morgan fingerprint density at radius 2 is 2.38 bits per heavy atom. The van der Waals surface area contributed by atoms with Gasteiger partial charge in [-0.15, -0.1) is 0 Å². The number of nitrogens with zero attached hydrogens (tertiary/aromatic N) is 1. The molecular formula is C13H11NO2. The first-order valence-corrected chi connectivity index (χ1v) is 5.03. The largest absolute Gasteiger partial charge is 0.496 e. The summed E-state index contributed by atoms with van der Waals surface area (Å²) in [6.45, 7) is 0. The highest BCUT2D eigenvalue weighted by molar-refractivity contribution is 6.03. The van der Waals surface area contributed by atoms with Gasteiger partial charge in [0.05, 0.1) is 19.6 Å². The molecule has 0 radical (unpaired) electrons. The molecular weight excluding hydrogens is 202 g/mol. The van der Waals surface area contributed by atoms with E-state index in [4.69, 9.17) is 10.00 Å². The van der Waals surface area contributed by atoms with Crippen LogP contribution in [-0.2, 0) is 11.2 Å². The molecule has 1 aliphatic carbocycles. The third-order valence-corrected chi connectivity index (χ3v) is 2.67. The maximum absolute atomic E-state index is 11.6. The number of carbonyl (C=O) groups is 1. The minimum Gasteiger partial charge on any atom is -0.496 e. The number of Topliss-reactive ketones (excluding diaryl/α,β-unsaturated/α-hetero) is 1. The third-order valence-electron chi connectivity index (χ3n) is 2.67. The van der Waals surface area contributed by atoms with Crippen molar-refractivity contribution in [1.82, 2.24) is 0 Å². The van der Waals surface area contributed by atoms with Crippen molar-refractivity contribution in [1.29, 1.82) is 5.26 Å². The number of allylic oxidation sites excluding steroid dienone is 1. The number of carbonyl (C=O) groups excluding carboxylic acids is 1. The van der Waals surface area contributed by atoms with Gasteiger partial charge in [-0.25, -0.2) is 0 Å². The zero-order valence-corrected chi connectivity index (χ0v) is 8.99. The van der Waals surface area contributed by atoms with E-state index in [1.807, 2.05) is 30.3 Å². The van der Waals surface area contributed by atoms with Crippen LogP contribution in [0.1, 0.15) is 17.5 Å². The van der Waals surface area contributed by atoms with Crippen LogP contribution < -0.4 is 4.74 Å². The van der Waals surface area contributed by atoms with Gasteiger partial charge in [-0.1, -0.05) is 12.1 Å². The molecule has 0 aromatic heterocycles. The number of hydrogen-bond acceptors (Lipinski definition) is 3. The Bertz CT molecular complexity index is 509. The molecule has 0 atom stereocenters. The zero-order chi connectivity index (χ0) is 11.5. The molecule has 0 N–H and O–H groups in total. The molecule has 16 heavy (non-hydrogen) atoms. The van der Waals surface area contributed by atoms with E-state index < -0.39 is 0 Å². The summed E-state index contributed by atoms with van der Waals surface area (Å²) in [5.41, 5.74) is 2.74. The molecule has 1 aromatic carbocycles. The highest BCUT2D eigenvalue weighted by Crippen LogP contribution is 2.32. The fourth-order valence-electron chi connectivity index (χ4n) is 1.88. The molecule has 0 saturated heterocycles. The number of hydrogen-bond donors (Lipinski definition) is 0. The van der Waals surface area contributed by atoms with E-state index in [9.17, 15) is 4.79 Å². The molecule has 1 aliphatic rings. The number of ether oxygens (including phenoxy) is 1. The van der Waals surface area contributed by atoms with Crippen LogP contribution in [-0.4, -0.2) is 12.9 Å². The molecule has 3 heteroatoms. The van der Waals surface area contributed by atoms with E-state index in [-0.39, 0.29) is 12.2 Å². The average molecular weight is 213 g/mol. The van der Waals surface area contributed by atoms with Crippen LogP contribution in [0.4, 0.5) is 0 Å². The maximum atomic E-state index is 11.6. The van der Waals surface area contributed by atoms with Gasteiger partial charge in [0, 0.05) is 17.6 Å². The molecule has 0 aliphatic heterocycles. The number of benzene rings is 1. The van der Waals surface area contributed by atoms with E-state index in [1.54, 1.807) is 7.11 Å². The predicted molar refractivity (Wildman–Crippen MR) is 59.9 cm³/mol. The van der Waals surface area contributed by atoms with Crippen LogP contribution in [0.5, 0.6) is 5.75 Å². The number of nitriles is 1.